The lowest BCUT2D eigenvalue weighted by Gasteiger charge is -2.43. The van der Waals surface area contributed by atoms with Crippen LogP contribution in [0.1, 0.15) is 93.2 Å². The Labute approximate surface area is 268 Å². The van der Waals surface area contributed by atoms with Crippen molar-refractivity contribution in [2.45, 2.75) is 107 Å². The molecule has 8 nitrogen and oxygen atoms in total. The summed E-state index contributed by atoms with van der Waals surface area (Å²) in [6.07, 6.45) is 11.0. The highest BCUT2D eigenvalue weighted by molar-refractivity contribution is 5.58. The minimum absolute atomic E-state index is 0.0621. The number of alkyl halides is 3. The Morgan fingerprint density at radius 2 is 1.80 bits per heavy atom. The van der Waals surface area contributed by atoms with E-state index >= 15 is 0 Å². The van der Waals surface area contributed by atoms with Crippen molar-refractivity contribution in [3.05, 3.63) is 69.9 Å². The second-order valence-corrected chi connectivity index (χ2v) is 14.1. The van der Waals surface area contributed by atoms with Crippen molar-refractivity contribution in [1.29, 1.82) is 0 Å². The molecular formula is C35H47F3N6O2. The number of rotatable bonds is 7. The van der Waals surface area contributed by atoms with Crippen LogP contribution in [0, 0.1) is 5.92 Å². The molecule has 1 spiro atoms. The van der Waals surface area contributed by atoms with Gasteiger partial charge in [0.15, 0.2) is 0 Å². The highest BCUT2D eigenvalue weighted by Gasteiger charge is 2.48. The van der Waals surface area contributed by atoms with Crippen LogP contribution in [0.2, 0.25) is 0 Å². The molecule has 1 unspecified atom stereocenters. The molecule has 1 aromatic carbocycles. The lowest BCUT2D eigenvalue weighted by atomic mass is 9.71. The number of likely N-dealkylation sites (tertiary alicyclic amines) is 1. The van der Waals surface area contributed by atoms with Crippen molar-refractivity contribution in [2.75, 3.05) is 27.2 Å². The van der Waals surface area contributed by atoms with E-state index in [1.54, 1.807) is 13.3 Å². The number of halogens is 3. The van der Waals surface area contributed by atoms with Gasteiger partial charge in [0.25, 0.3) is 0 Å². The van der Waals surface area contributed by atoms with E-state index in [1.165, 1.54) is 53.3 Å². The van der Waals surface area contributed by atoms with Crippen LogP contribution in [0.15, 0.2) is 47.5 Å². The normalized spacial score (nSPS) is 25.6. The second kappa shape index (κ2) is 12.7. The third kappa shape index (κ3) is 5.94. The fraction of sp³-hybridized carbons (Fsp3) is 0.629. The number of piperidine rings is 1. The summed E-state index contributed by atoms with van der Waals surface area (Å²) in [5.74, 6) is 0.675. The molecule has 250 valence electrons. The van der Waals surface area contributed by atoms with Crippen LogP contribution >= 0.6 is 0 Å². The van der Waals surface area contributed by atoms with Gasteiger partial charge in [0.2, 0.25) is 0 Å². The third-order valence-corrected chi connectivity index (χ3v) is 11.3. The maximum absolute atomic E-state index is 14.5. The molecule has 0 amide bonds. The SMILES string of the molecule is CO[C@H]1CCCN(Cc2cc(C(F)(F)F)c3cn(-c4cccc([C@@H](C5CCC5)C5NNC6(CCCCCC6)N5C)c4)c(=O)n3c2)C1. The Morgan fingerprint density at radius 3 is 2.50 bits per heavy atom. The Hall–Kier alpha value is -2.70. The molecule has 2 aliphatic heterocycles. The molecule has 0 bridgehead atoms. The summed E-state index contributed by atoms with van der Waals surface area (Å²) in [5, 5.41) is 0. The first-order chi connectivity index (χ1) is 22.2. The monoisotopic (exact) mass is 640 g/mol. The van der Waals surface area contributed by atoms with E-state index in [0.29, 0.717) is 30.3 Å². The van der Waals surface area contributed by atoms with E-state index in [1.807, 2.05) is 18.2 Å². The number of nitrogens with zero attached hydrogens (tertiary/aromatic N) is 4. The molecule has 46 heavy (non-hydrogen) atoms. The van der Waals surface area contributed by atoms with Crippen LogP contribution in [0.25, 0.3) is 11.2 Å². The number of benzene rings is 1. The lowest BCUT2D eigenvalue weighted by molar-refractivity contribution is -0.136. The smallest absolute Gasteiger partial charge is 0.380 e. The molecule has 0 radical (unpaired) electrons. The molecule has 2 N–H and O–H groups in total. The Kier molecular flexibility index (Phi) is 8.82. The molecule has 3 aromatic rings. The van der Waals surface area contributed by atoms with E-state index in [2.05, 4.69) is 33.8 Å². The number of imidazole rings is 1. The first kappa shape index (κ1) is 31.9. The van der Waals surface area contributed by atoms with Gasteiger partial charge in [0.1, 0.15) is 0 Å². The van der Waals surface area contributed by atoms with Crippen LogP contribution in [0.5, 0.6) is 0 Å². The van der Waals surface area contributed by atoms with E-state index in [4.69, 9.17) is 4.74 Å². The van der Waals surface area contributed by atoms with Crippen molar-refractivity contribution in [2.24, 2.45) is 5.92 Å². The molecule has 2 aliphatic carbocycles. The molecule has 4 aliphatic rings. The zero-order valence-corrected chi connectivity index (χ0v) is 27.0. The number of ether oxygens (including phenoxy) is 1. The third-order valence-electron chi connectivity index (χ3n) is 11.3. The van der Waals surface area contributed by atoms with Gasteiger partial charge in [-0.3, -0.25) is 18.8 Å². The lowest BCUT2D eigenvalue weighted by Crippen LogP contribution is -2.52. The summed E-state index contributed by atoms with van der Waals surface area (Å²) < 4.78 is 51.4. The van der Waals surface area contributed by atoms with Crippen LogP contribution in [-0.2, 0) is 17.5 Å². The van der Waals surface area contributed by atoms with Gasteiger partial charge in [-0.2, -0.15) is 13.2 Å². The Morgan fingerprint density at radius 1 is 1.02 bits per heavy atom. The molecule has 4 heterocycles. The average Bonchev–Trinajstić information content (AvgIpc) is 3.38. The number of aromatic nitrogens is 2. The van der Waals surface area contributed by atoms with Crippen molar-refractivity contribution < 1.29 is 17.9 Å². The molecule has 11 heteroatoms. The zero-order valence-electron chi connectivity index (χ0n) is 27.0. The van der Waals surface area contributed by atoms with E-state index in [-0.39, 0.29) is 29.4 Å². The van der Waals surface area contributed by atoms with Gasteiger partial charge in [-0.1, -0.05) is 44.2 Å². The predicted molar refractivity (Wildman–Crippen MR) is 172 cm³/mol. The number of hydrazine groups is 1. The summed E-state index contributed by atoms with van der Waals surface area (Å²) >= 11 is 0. The minimum atomic E-state index is -4.60. The number of methoxy groups -OCH3 is 1. The number of hydrogen-bond acceptors (Lipinski definition) is 6. The van der Waals surface area contributed by atoms with Gasteiger partial charge in [-0.25, -0.2) is 15.6 Å². The van der Waals surface area contributed by atoms with Gasteiger partial charge in [-0.05, 0) is 87.4 Å². The molecule has 2 aromatic heterocycles. The summed E-state index contributed by atoms with van der Waals surface area (Å²) in [4.78, 5) is 18.5. The summed E-state index contributed by atoms with van der Waals surface area (Å²) in [5.41, 5.74) is 8.04. The van der Waals surface area contributed by atoms with Gasteiger partial charge in [0, 0.05) is 38.5 Å². The van der Waals surface area contributed by atoms with E-state index in [9.17, 15) is 18.0 Å². The van der Waals surface area contributed by atoms with Crippen LogP contribution in [0.4, 0.5) is 13.2 Å². The first-order valence-electron chi connectivity index (χ1n) is 17.1. The molecule has 2 saturated heterocycles. The summed E-state index contributed by atoms with van der Waals surface area (Å²) in [6, 6.07) is 9.10. The summed E-state index contributed by atoms with van der Waals surface area (Å²) in [7, 11) is 3.89. The molecular weight excluding hydrogens is 593 g/mol. The maximum atomic E-state index is 14.5. The average molecular weight is 641 g/mol. The molecule has 7 rings (SSSR count). The summed E-state index contributed by atoms with van der Waals surface area (Å²) in [6.45, 7) is 1.76. The number of hydrogen-bond donors (Lipinski definition) is 2. The predicted octanol–water partition coefficient (Wildman–Crippen LogP) is 6.02. The van der Waals surface area contributed by atoms with Gasteiger partial charge in [-0.15, -0.1) is 0 Å². The number of pyridine rings is 1. The largest absolute Gasteiger partial charge is 0.418 e. The van der Waals surface area contributed by atoms with Crippen LogP contribution in [-0.4, -0.2) is 63.9 Å². The fourth-order valence-corrected chi connectivity index (χ4v) is 8.53. The van der Waals surface area contributed by atoms with E-state index in [0.717, 1.165) is 50.6 Å². The standard InChI is InChI=1S/C35H47F3N6O2/c1-41-32(39-40-34(41)15-5-3-4-6-16-34)31(25-10-7-11-25)26-12-8-13-27(19-26)43-23-30-29(35(36,37)38)18-24(21-44(30)33(43)45)20-42-17-9-14-28(22-42)46-2/h8,12-13,18-19,21,23,25,28,31-32,39-40H,3-7,9-11,14-17,20,22H2,1-2H3/t28-,31+,32?/m0/s1. The quantitative estimate of drug-likeness (QED) is 0.330. The van der Waals surface area contributed by atoms with Gasteiger partial charge < -0.3 is 4.74 Å². The molecule has 4 fully saturated rings. The number of nitrogens with one attached hydrogen (secondary N) is 2. The second-order valence-electron chi connectivity index (χ2n) is 14.1. The highest BCUT2D eigenvalue weighted by Crippen LogP contribution is 2.45. The Balaban J connectivity index is 1.23. The first-order valence-corrected chi connectivity index (χ1v) is 17.1. The molecule has 2 saturated carbocycles. The van der Waals surface area contributed by atoms with Crippen LogP contribution in [0.3, 0.4) is 0 Å². The number of fused-ring (bicyclic) bond motifs is 1. The Bertz CT molecular complexity index is 1590. The fourth-order valence-electron chi connectivity index (χ4n) is 8.53. The zero-order chi connectivity index (χ0) is 32.1. The van der Waals surface area contributed by atoms with Crippen molar-refractivity contribution in [1.82, 2.24) is 29.6 Å². The minimum Gasteiger partial charge on any atom is -0.380 e. The van der Waals surface area contributed by atoms with E-state index < -0.39 is 17.4 Å². The highest BCUT2D eigenvalue weighted by atomic mass is 19.4. The topological polar surface area (TPSA) is 66.2 Å². The van der Waals surface area contributed by atoms with Crippen LogP contribution < -0.4 is 16.5 Å². The van der Waals surface area contributed by atoms with Crippen molar-refractivity contribution >= 4 is 5.52 Å². The van der Waals surface area contributed by atoms with Gasteiger partial charge in [0.05, 0.1) is 34.7 Å². The molecule has 3 atom stereocenters. The van der Waals surface area contributed by atoms with Crippen molar-refractivity contribution in [3.63, 3.8) is 0 Å². The maximum Gasteiger partial charge on any atom is 0.418 e. The van der Waals surface area contributed by atoms with Crippen molar-refractivity contribution in [3.8, 4) is 5.69 Å². The number of likely N-dealkylation sites (N-methyl/N-ethyl adjacent to an activating group) is 1. The van der Waals surface area contributed by atoms with Gasteiger partial charge >= 0.3 is 11.9 Å².